The molecule has 0 N–H and O–H groups in total. The summed E-state index contributed by atoms with van der Waals surface area (Å²) in [6.45, 7) is 12.3. The molecule has 0 radical (unpaired) electrons. The first-order chi connectivity index (χ1) is 7.69. The lowest BCUT2D eigenvalue weighted by Crippen LogP contribution is -2.51. The molecule has 0 aromatic rings. The maximum absolute atomic E-state index is 5.60. The second-order valence-corrected chi connectivity index (χ2v) is 4.15. The molecule has 0 spiro atoms. The smallest absolute Gasteiger partial charge is 0.170 e. The van der Waals surface area contributed by atoms with Crippen LogP contribution in [-0.2, 0) is 14.2 Å². The van der Waals surface area contributed by atoms with Gasteiger partial charge in [0.1, 0.15) is 0 Å². The topological polar surface area (TPSA) is 30.9 Å². The van der Waals surface area contributed by atoms with E-state index in [9.17, 15) is 0 Å². The van der Waals surface area contributed by atoms with Crippen molar-refractivity contribution >= 4 is 0 Å². The van der Waals surface area contributed by atoms with Gasteiger partial charge in [-0.05, 0) is 27.7 Å². The monoisotopic (exact) mass is 231 g/mol. The molecule has 16 heavy (non-hydrogen) atoms. The minimum absolute atomic E-state index is 0.109. The third kappa shape index (κ3) is 4.01. The summed E-state index contributed by atoms with van der Waals surface area (Å²) in [6, 6.07) is 0.428. The van der Waals surface area contributed by atoms with Crippen LogP contribution >= 0.6 is 0 Å². The van der Waals surface area contributed by atoms with Gasteiger partial charge in [0, 0.05) is 32.3 Å². The van der Waals surface area contributed by atoms with Crippen LogP contribution < -0.4 is 0 Å². The average Bonchev–Trinajstić information content (AvgIpc) is 2.25. The third-order valence-electron chi connectivity index (χ3n) is 3.10. The summed E-state index contributed by atoms with van der Waals surface area (Å²) >= 11 is 0. The van der Waals surface area contributed by atoms with Crippen LogP contribution in [-0.4, -0.2) is 56.2 Å². The van der Waals surface area contributed by atoms with Gasteiger partial charge < -0.3 is 14.2 Å². The van der Waals surface area contributed by atoms with E-state index in [1.54, 1.807) is 0 Å². The van der Waals surface area contributed by atoms with Crippen molar-refractivity contribution in [1.82, 2.24) is 4.90 Å². The Labute approximate surface area is 98.8 Å². The van der Waals surface area contributed by atoms with E-state index in [1.165, 1.54) is 0 Å². The van der Waals surface area contributed by atoms with Crippen molar-refractivity contribution in [2.24, 2.45) is 0 Å². The molecule has 1 saturated heterocycles. The van der Waals surface area contributed by atoms with E-state index in [4.69, 9.17) is 14.2 Å². The summed E-state index contributed by atoms with van der Waals surface area (Å²) < 4.78 is 16.7. The van der Waals surface area contributed by atoms with Crippen molar-refractivity contribution in [2.45, 2.75) is 46.1 Å². The highest BCUT2D eigenvalue weighted by Crippen LogP contribution is 2.14. The van der Waals surface area contributed by atoms with Crippen LogP contribution in [0, 0.1) is 0 Å². The average molecular weight is 231 g/mol. The summed E-state index contributed by atoms with van der Waals surface area (Å²) in [6.07, 6.45) is 0.181. The molecule has 4 heteroatoms. The largest absolute Gasteiger partial charge is 0.376 e. The number of hydrogen-bond acceptors (Lipinski definition) is 4. The predicted molar refractivity (Wildman–Crippen MR) is 63.5 cm³/mol. The predicted octanol–water partition coefficient (Wildman–Crippen LogP) is 1.49. The van der Waals surface area contributed by atoms with Gasteiger partial charge in [-0.1, -0.05) is 0 Å². The van der Waals surface area contributed by atoms with E-state index in [2.05, 4.69) is 18.7 Å². The van der Waals surface area contributed by atoms with Crippen LogP contribution in [0.4, 0.5) is 0 Å². The lowest BCUT2D eigenvalue weighted by atomic mass is 10.1. The number of hydrogen-bond donors (Lipinski definition) is 0. The molecular formula is C12H25NO3. The molecule has 96 valence electrons. The Morgan fingerprint density at radius 3 is 2.44 bits per heavy atom. The Balaban J connectivity index is 2.42. The van der Waals surface area contributed by atoms with Gasteiger partial charge in [-0.2, -0.15) is 0 Å². The van der Waals surface area contributed by atoms with Crippen molar-refractivity contribution in [1.29, 1.82) is 0 Å². The van der Waals surface area contributed by atoms with Crippen LogP contribution in [0.3, 0.4) is 0 Å². The zero-order valence-electron chi connectivity index (χ0n) is 10.9. The zero-order valence-corrected chi connectivity index (χ0v) is 10.9. The Hall–Kier alpha value is -0.160. The Morgan fingerprint density at radius 1 is 1.25 bits per heavy atom. The van der Waals surface area contributed by atoms with Gasteiger partial charge in [0.15, 0.2) is 6.29 Å². The van der Waals surface area contributed by atoms with Gasteiger partial charge in [0.2, 0.25) is 0 Å². The van der Waals surface area contributed by atoms with Crippen molar-refractivity contribution in [3.63, 3.8) is 0 Å². The van der Waals surface area contributed by atoms with Gasteiger partial charge in [-0.25, -0.2) is 0 Å². The molecule has 4 nitrogen and oxygen atoms in total. The fourth-order valence-corrected chi connectivity index (χ4v) is 1.97. The number of nitrogens with zero attached hydrogens (tertiary/aromatic N) is 1. The Bertz CT molecular complexity index is 183. The van der Waals surface area contributed by atoms with Crippen molar-refractivity contribution in [2.75, 3.05) is 32.9 Å². The summed E-state index contributed by atoms with van der Waals surface area (Å²) in [5.74, 6) is 0. The van der Waals surface area contributed by atoms with Crippen LogP contribution in [0.2, 0.25) is 0 Å². The lowest BCUT2D eigenvalue weighted by molar-refractivity contribution is -0.163. The molecule has 0 aromatic heterocycles. The van der Waals surface area contributed by atoms with Crippen LogP contribution in [0.1, 0.15) is 27.7 Å². The van der Waals surface area contributed by atoms with Gasteiger partial charge in [-0.3, -0.25) is 4.90 Å². The highest BCUT2D eigenvalue weighted by Gasteiger charge is 2.27. The maximum atomic E-state index is 5.60. The number of morpholine rings is 1. The number of rotatable bonds is 6. The van der Waals surface area contributed by atoms with E-state index in [1.807, 2.05) is 13.8 Å². The molecule has 0 aromatic carbocycles. The molecule has 1 heterocycles. The van der Waals surface area contributed by atoms with Gasteiger partial charge >= 0.3 is 0 Å². The van der Waals surface area contributed by atoms with Crippen molar-refractivity contribution in [3.05, 3.63) is 0 Å². The quantitative estimate of drug-likeness (QED) is 0.648. The molecule has 2 atom stereocenters. The van der Waals surface area contributed by atoms with E-state index in [0.29, 0.717) is 19.3 Å². The lowest BCUT2D eigenvalue weighted by Gasteiger charge is -2.39. The van der Waals surface area contributed by atoms with Gasteiger partial charge in [-0.15, -0.1) is 0 Å². The van der Waals surface area contributed by atoms with Crippen LogP contribution in [0.5, 0.6) is 0 Å². The summed E-state index contributed by atoms with van der Waals surface area (Å²) in [5, 5.41) is 0. The minimum Gasteiger partial charge on any atom is -0.376 e. The second kappa shape index (κ2) is 7.22. The summed E-state index contributed by atoms with van der Waals surface area (Å²) in [5.41, 5.74) is 0. The molecule has 0 bridgehead atoms. The highest BCUT2D eigenvalue weighted by atomic mass is 16.7. The fraction of sp³-hybridized carbons (Fsp3) is 1.00. The zero-order chi connectivity index (χ0) is 12.0. The number of ether oxygens (including phenoxy) is 3. The first kappa shape index (κ1) is 13.9. The SMILES string of the molecule is CCOC(CN1CCO[C@@H](C)[C@@H]1C)OCC. The van der Waals surface area contributed by atoms with Crippen molar-refractivity contribution in [3.8, 4) is 0 Å². The van der Waals surface area contributed by atoms with E-state index >= 15 is 0 Å². The molecule has 0 aliphatic carbocycles. The van der Waals surface area contributed by atoms with E-state index in [-0.39, 0.29) is 12.4 Å². The molecule has 1 aliphatic heterocycles. The minimum atomic E-state index is -0.109. The van der Waals surface area contributed by atoms with Crippen LogP contribution in [0.25, 0.3) is 0 Å². The molecule has 0 unspecified atom stereocenters. The van der Waals surface area contributed by atoms with E-state index in [0.717, 1.165) is 19.7 Å². The van der Waals surface area contributed by atoms with Crippen LogP contribution in [0.15, 0.2) is 0 Å². The molecule has 0 amide bonds. The summed E-state index contributed by atoms with van der Waals surface area (Å²) in [4.78, 5) is 2.38. The first-order valence-electron chi connectivity index (χ1n) is 6.27. The highest BCUT2D eigenvalue weighted by molar-refractivity contribution is 4.78. The standard InChI is InChI=1S/C12H25NO3/c1-5-14-12(15-6-2)9-13-7-8-16-11(4)10(13)3/h10-12H,5-9H2,1-4H3/t10-,11-/m0/s1. The molecule has 0 saturated carbocycles. The molecule has 1 aliphatic rings. The second-order valence-electron chi connectivity index (χ2n) is 4.15. The van der Waals surface area contributed by atoms with E-state index < -0.39 is 0 Å². The van der Waals surface area contributed by atoms with Crippen molar-refractivity contribution < 1.29 is 14.2 Å². The Morgan fingerprint density at radius 2 is 1.88 bits per heavy atom. The molecule has 1 rings (SSSR count). The van der Waals surface area contributed by atoms with Gasteiger partial charge in [0.05, 0.1) is 12.7 Å². The first-order valence-corrected chi connectivity index (χ1v) is 6.27. The fourth-order valence-electron chi connectivity index (χ4n) is 1.97. The molecular weight excluding hydrogens is 206 g/mol. The summed E-state index contributed by atoms with van der Waals surface area (Å²) in [7, 11) is 0. The Kier molecular flexibility index (Phi) is 6.28. The third-order valence-corrected chi connectivity index (χ3v) is 3.10. The molecule has 1 fully saturated rings. The normalized spacial score (nSPS) is 27.6. The maximum Gasteiger partial charge on any atom is 0.170 e. The van der Waals surface area contributed by atoms with Gasteiger partial charge in [0.25, 0.3) is 0 Å².